The minimum Gasteiger partial charge on any atom is -0.480 e. The minimum atomic E-state index is -2.50. The van der Waals surface area contributed by atoms with Gasteiger partial charge in [0.25, 0.3) is 0 Å². The molecule has 1 rings (SSSR count). The van der Waals surface area contributed by atoms with E-state index in [9.17, 15) is 24.9 Å². The van der Waals surface area contributed by atoms with Crippen molar-refractivity contribution in [1.29, 1.82) is 0 Å². The Balaban J connectivity index is 2.99. The molecule has 0 aromatic carbocycles. The zero-order chi connectivity index (χ0) is 19.6. The highest BCUT2D eigenvalue weighted by Crippen LogP contribution is 2.29. The Kier molecular flexibility index (Phi) is 6.97. The molecule has 0 spiro atoms. The van der Waals surface area contributed by atoms with Crippen LogP contribution in [0.4, 0.5) is 0 Å². The Morgan fingerprint density at radius 1 is 1.32 bits per heavy atom. The first-order valence-corrected chi connectivity index (χ1v) is 8.84. The molecule has 4 atom stereocenters. The van der Waals surface area contributed by atoms with Crippen LogP contribution < -0.4 is 11.1 Å². The second-order valence-corrected chi connectivity index (χ2v) is 8.11. The molecule has 8 heteroatoms. The number of hydrogen-bond donors (Lipinski definition) is 5. The highest BCUT2D eigenvalue weighted by molar-refractivity contribution is 5.83. The molecule has 1 fully saturated rings. The van der Waals surface area contributed by atoms with Gasteiger partial charge in [0, 0.05) is 6.54 Å². The van der Waals surface area contributed by atoms with Gasteiger partial charge in [-0.2, -0.15) is 0 Å². The van der Waals surface area contributed by atoms with Crippen molar-refractivity contribution >= 4 is 11.9 Å². The molecule has 146 valence electrons. The molecule has 6 N–H and O–H groups in total. The molecule has 1 heterocycles. The van der Waals surface area contributed by atoms with E-state index in [0.717, 1.165) is 0 Å². The van der Waals surface area contributed by atoms with Crippen molar-refractivity contribution in [3.8, 4) is 0 Å². The highest BCUT2D eigenvalue weighted by atomic mass is 16.5. The number of hydrogen-bond acceptors (Lipinski definition) is 6. The minimum absolute atomic E-state index is 0.307. The number of aliphatic carboxylic acids is 1. The summed E-state index contributed by atoms with van der Waals surface area (Å²) in [6.45, 7) is 9.43. The van der Waals surface area contributed by atoms with E-state index in [0.29, 0.717) is 25.8 Å². The fourth-order valence-corrected chi connectivity index (χ4v) is 3.01. The molecule has 0 radical (unpaired) electrons. The van der Waals surface area contributed by atoms with Crippen LogP contribution in [-0.2, 0) is 9.59 Å². The summed E-state index contributed by atoms with van der Waals surface area (Å²) < 4.78 is 0. The molecule has 0 aliphatic carbocycles. The van der Waals surface area contributed by atoms with Gasteiger partial charge in [-0.25, -0.2) is 0 Å². The van der Waals surface area contributed by atoms with Crippen LogP contribution in [0, 0.1) is 11.3 Å². The van der Waals surface area contributed by atoms with Crippen LogP contribution >= 0.6 is 0 Å². The normalized spacial score (nSPS) is 22.6. The van der Waals surface area contributed by atoms with E-state index in [1.165, 1.54) is 4.90 Å². The quantitative estimate of drug-likeness (QED) is 0.406. The van der Waals surface area contributed by atoms with Gasteiger partial charge in [-0.05, 0) is 24.2 Å². The van der Waals surface area contributed by atoms with Crippen molar-refractivity contribution in [3.63, 3.8) is 0 Å². The van der Waals surface area contributed by atoms with Crippen molar-refractivity contribution in [2.75, 3.05) is 6.54 Å². The second-order valence-electron chi connectivity index (χ2n) is 8.11. The third-order valence-electron chi connectivity index (χ3n) is 5.05. The molecular formula is C17H33N3O5. The average Bonchev–Trinajstić information content (AvgIpc) is 2.99. The molecule has 1 aliphatic rings. The van der Waals surface area contributed by atoms with Gasteiger partial charge in [0.15, 0.2) is 0 Å². The number of nitrogens with two attached hydrogens (primary N) is 1. The lowest BCUT2D eigenvalue weighted by molar-refractivity contribution is -0.231. The van der Waals surface area contributed by atoms with Crippen molar-refractivity contribution in [2.45, 2.75) is 77.9 Å². The lowest BCUT2D eigenvalue weighted by Gasteiger charge is -2.40. The standard InChI is InChI=1S/C17H33N3O5/c1-6-10(2)12(15(22)23)19-17(24,25)11-8-7-9-20(11)14(21)13(18)16(3,4)5/h10-13,19,24-25H,6-9,18H2,1-5H3,(H,22,23)/t10-,11-,12-,13+/m0/s1. The first kappa shape index (κ1) is 21.8. The van der Waals surface area contributed by atoms with Crippen molar-refractivity contribution in [2.24, 2.45) is 17.1 Å². The fraction of sp³-hybridized carbons (Fsp3) is 0.882. The maximum absolute atomic E-state index is 12.7. The SMILES string of the molecule is CC[C@H](C)[C@H](NC(O)(O)[C@@H]1CCCN1C(=O)[C@@H](N)C(C)(C)C)C(=O)O. The van der Waals surface area contributed by atoms with E-state index in [1.54, 1.807) is 6.92 Å². The van der Waals surface area contributed by atoms with E-state index in [4.69, 9.17) is 5.73 Å². The summed E-state index contributed by atoms with van der Waals surface area (Å²) in [5, 5.41) is 32.8. The topological polar surface area (TPSA) is 136 Å². The molecular weight excluding hydrogens is 326 g/mol. The molecule has 25 heavy (non-hydrogen) atoms. The van der Waals surface area contributed by atoms with Gasteiger partial charge in [-0.1, -0.05) is 41.0 Å². The summed E-state index contributed by atoms with van der Waals surface area (Å²) in [5.74, 6) is -4.33. The van der Waals surface area contributed by atoms with Crippen LogP contribution in [0.15, 0.2) is 0 Å². The smallest absolute Gasteiger partial charge is 0.321 e. The summed E-state index contributed by atoms with van der Waals surface area (Å²) in [6, 6.07) is -2.86. The van der Waals surface area contributed by atoms with Gasteiger partial charge in [-0.3, -0.25) is 14.9 Å². The van der Waals surface area contributed by atoms with Crippen LogP contribution in [0.2, 0.25) is 0 Å². The van der Waals surface area contributed by atoms with Crippen LogP contribution in [0.5, 0.6) is 0 Å². The van der Waals surface area contributed by atoms with E-state index in [-0.39, 0.29) is 11.8 Å². The second kappa shape index (κ2) is 7.99. The molecule has 0 aromatic heterocycles. The number of likely N-dealkylation sites (tertiary alicyclic amines) is 1. The van der Waals surface area contributed by atoms with Gasteiger partial charge in [0.2, 0.25) is 11.8 Å². The zero-order valence-corrected chi connectivity index (χ0v) is 15.8. The Labute approximate surface area is 149 Å². The van der Waals surface area contributed by atoms with Gasteiger partial charge >= 0.3 is 5.97 Å². The summed E-state index contributed by atoms with van der Waals surface area (Å²) in [7, 11) is 0. The maximum atomic E-state index is 12.7. The Morgan fingerprint density at radius 2 is 1.88 bits per heavy atom. The maximum Gasteiger partial charge on any atom is 0.321 e. The van der Waals surface area contributed by atoms with Crippen molar-refractivity contribution in [3.05, 3.63) is 0 Å². The van der Waals surface area contributed by atoms with Crippen LogP contribution in [0.25, 0.3) is 0 Å². The third-order valence-corrected chi connectivity index (χ3v) is 5.05. The first-order valence-electron chi connectivity index (χ1n) is 8.84. The van der Waals surface area contributed by atoms with E-state index in [2.05, 4.69) is 5.32 Å². The van der Waals surface area contributed by atoms with Crippen molar-refractivity contribution < 1.29 is 24.9 Å². The summed E-state index contributed by atoms with van der Waals surface area (Å²) in [6.07, 6.45) is 1.51. The van der Waals surface area contributed by atoms with Gasteiger partial charge in [0.1, 0.15) is 12.1 Å². The van der Waals surface area contributed by atoms with Gasteiger partial charge in [0.05, 0.1) is 6.04 Å². The number of carboxylic acid groups (broad SMARTS) is 1. The predicted molar refractivity (Wildman–Crippen MR) is 93.3 cm³/mol. The van der Waals surface area contributed by atoms with Crippen LogP contribution in [0.3, 0.4) is 0 Å². The Hall–Kier alpha value is -1.22. The number of aliphatic hydroxyl groups is 2. The molecule has 1 aliphatic heterocycles. The molecule has 0 unspecified atom stereocenters. The highest BCUT2D eigenvalue weighted by Gasteiger charge is 2.48. The number of rotatable bonds is 7. The molecule has 1 amide bonds. The predicted octanol–water partition coefficient (Wildman–Crippen LogP) is 0.0781. The Morgan fingerprint density at radius 3 is 2.32 bits per heavy atom. The summed E-state index contributed by atoms with van der Waals surface area (Å²) >= 11 is 0. The number of carboxylic acids is 1. The lowest BCUT2D eigenvalue weighted by Crippen LogP contribution is -2.66. The largest absolute Gasteiger partial charge is 0.480 e. The summed E-state index contributed by atoms with van der Waals surface area (Å²) in [4.78, 5) is 25.5. The molecule has 0 saturated carbocycles. The Bertz CT molecular complexity index is 489. The van der Waals surface area contributed by atoms with Crippen LogP contribution in [0.1, 0.15) is 53.9 Å². The molecule has 0 aromatic rings. The number of carbonyl (C=O) groups is 2. The van der Waals surface area contributed by atoms with Crippen LogP contribution in [-0.4, -0.2) is 62.7 Å². The number of nitrogens with zero attached hydrogens (tertiary/aromatic N) is 1. The van der Waals surface area contributed by atoms with E-state index >= 15 is 0 Å². The number of amides is 1. The van der Waals surface area contributed by atoms with Gasteiger partial charge in [-0.15, -0.1) is 0 Å². The third kappa shape index (κ3) is 5.13. The average molecular weight is 359 g/mol. The summed E-state index contributed by atoms with van der Waals surface area (Å²) in [5.41, 5.74) is 5.56. The molecule has 1 saturated heterocycles. The number of nitrogens with one attached hydrogen (secondary N) is 1. The zero-order valence-electron chi connectivity index (χ0n) is 15.8. The van der Waals surface area contributed by atoms with Gasteiger partial charge < -0.3 is 26.0 Å². The van der Waals surface area contributed by atoms with E-state index in [1.807, 2.05) is 27.7 Å². The molecule has 0 bridgehead atoms. The fourth-order valence-electron chi connectivity index (χ4n) is 3.01. The lowest BCUT2D eigenvalue weighted by atomic mass is 9.86. The number of carbonyl (C=O) groups excluding carboxylic acids is 1. The van der Waals surface area contributed by atoms with Crippen molar-refractivity contribution in [1.82, 2.24) is 10.2 Å². The van der Waals surface area contributed by atoms with E-state index < -0.39 is 35.4 Å². The monoisotopic (exact) mass is 359 g/mol. The first-order chi connectivity index (χ1) is 11.3. The molecule has 8 nitrogen and oxygen atoms in total.